The average Bonchev–Trinajstić information content (AvgIpc) is 3.19. The molecule has 1 fully saturated rings. The van der Waals surface area contributed by atoms with E-state index in [0.29, 0.717) is 31.1 Å². The minimum atomic E-state index is 0.00532. The number of rotatable bonds is 9. The van der Waals surface area contributed by atoms with Crippen LogP contribution in [0.5, 0.6) is 0 Å². The average molecular weight is 375 g/mol. The van der Waals surface area contributed by atoms with Crippen molar-refractivity contribution in [2.24, 2.45) is 0 Å². The van der Waals surface area contributed by atoms with Gasteiger partial charge in [0, 0.05) is 38.3 Å². The van der Waals surface area contributed by atoms with Gasteiger partial charge in [0.15, 0.2) is 0 Å². The van der Waals surface area contributed by atoms with Crippen LogP contribution < -0.4 is 10.6 Å². The summed E-state index contributed by atoms with van der Waals surface area (Å²) < 4.78 is 11.0. The largest absolute Gasteiger partial charge is 0.394 e. The Kier molecular flexibility index (Phi) is 7.24. The van der Waals surface area contributed by atoms with Gasteiger partial charge in [0.1, 0.15) is 17.7 Å². The summed E-state index contributed by atoms with van der Waals surface area (Å²) in [4.78, 5) is 6.99. The molecule has 1 unspecified atom stereocenters. The maximum atomic E-state index is 9.73. The summed E-state index contributed by atoms with van der Waals surface area (Å²) in [6.07, 6.45) is 3.23. The number of hydrogen-bond donors (Lipinski definition) is 3. The molecule has 3 heterocycles. The van der Waals surface area contributed by atoms with Crippen molar-refractivity contribution < 1.29 is 14.6 Å². The lowest BCUT2D eigenvalue weighted by atomic mass is 9.96. The van der Waals surface area contributed by atoms with Crippen molar-refractivity contribution >= 4 is 11.6 Å². The highest BCUT2D eigenvalue weighted by molar-refractivity contribution is 5.66. The smallest absolute Gasteiger partial charge is 0.146 e. The van der Waals surface area contributed by atoms with Gasteiger partial charge < -0.3 is 30.1 Å². The number of nitrogens with zero attached hydrogens (tertiary/aromatic N) is 3. The molecule has 3 rings (SSSR count). The zero-order valence-electron chi connectivity index (χ0n) is 16.0. The van der Waals surface area contributed by atoms with Crippen LogP contribution in [0.15, 0.2) is 0 Å². The molecule has 0 saturated carbocycles. The number of pyridine rings is 1. The van der Waals surface area contributed by atoms with Crippen LogP contribution >= 0.6 is 0 Å². The molecular weight excluding hydrogens is 346 g/mol. The van der Waals surface area contributed by atoms with E-state index in [2.05, 4.69) is 28.7 Å². The van der Waals surface area contributed by atoms with Crippen molar-refractivity contribution in [3.8, 4) is 6.07 Å². The maximum absolute atomic E-state index is 9.73. The minimum absolute atomic E-state index is 0.00532. The summed E-state index contributed by atoms with van der Waals surface area (Å²) in [5.41, 5.74) is 2.82. The van der Waals surface area contributed by atoms with Gasteiger partial charge in [0.2, 0.25) is 0 Å². The highest BCUT2D eigenvalue weighted by Gasteiger charge is 2.25. The second-order valence-electron chi connectivity index (χ2n) is 7.02. The predicted molar refractivity (Wildman–Crippen MR) is 103 cm³/mol. The van der Waals surface area contributed by atoms with Gasteiger partial charge >= 0.3 is 0 Å². The third kappa shape index (κ3) is 5.08. The summed E-state index contributed by atoms with van der Waals surface area (Å²) in [6, 6.07) is 2.34. The standard InChI is InChI=1S/C19H29N5O3/c1-24-6-4-15-16(11-20)18(21-5-9-26-10-7-25)23-19(17(15)13-24)22-12-14-3-2-8-27-14/h14,25H,2-10,12-13H2,1H3,(H2,21,22,23). The van der Waals surface area contributed by atoms with Crippen molar-refractivity contribution in [3.63, 3.8) is 0 Å². The molecule has 8 heteroatoms. The quantitative estimate of drug-likeness (QED) is 0.549. The van der Waals surface area contributed by atoms with Crippen molar-refractivity contribution in [2.75, 3.05) is 63.7 Å². The summed E-state index contributed by atoms with van der Waals surface area (Å²) >= 11 is 0. The van der Waals surface area contributed by atoms with Gasteiger partial charge in [0.25, 0.3) is 0 Å². The SMILES string of the molecule is CN1CCc2c(C#N)c(NCCOCCO)nc(NCC3CCCO3)c2C1. The Hall–Kier alpha value is -1.92. The number of hydrogen-bond acceptors (Lipinski definition) is 8. The molecule has 2 aliphatic heterocycles. The third-order valence-corrected chi connectivity index (χ3v) is 4.99. The van der Waals surface area contributed by atoms with Gasteiger partial charge in [-0.25, -0.2) is 4.98 Å². The summed E-state index contributed by atoms with van der Waals surface area (Å²) in [5.74, 6) is 1.44. The first-order valence-corrected chi connectivity index (χ1v) is 9.65. The van der Waals surface area contributed by atoms with E-state index in [4.69, 9.17) is 19.6 Å². The molecular formula is C19H29N5O3. The van der Waals surface area contributed by atoms with E-state index >= 15 is 0 Å². The normalized spacial score (nSPS) is 19.5. The lowest BCUT2D eigenvalue weighted by molar-refractivity contribution is 0.0992. The zero-order chi connectivity index (χ0) is 19.1. The Morgan fingerprint density at radius 3 is 2.96 bits per heavy atom. The van der Waals surface area contributed by atoms with Crippen LogP contribution in [-0.4, -0.2) is 74.2 Å². The molecule has 0 bridgehead atoms. The van der Waals surface area contributed by atoms with Crippen LogP contribution in [-0.2, 0) is 22.4 Å². The molecule has 1 aromatic heterocycles. The fraction of sp³-hybridized carbons (Fsp3) is 0.684. The number of ether oxygens (including phenoxy) is 2. The highest BCUT2D eigenvalue weighted by atomic mass is 16.5. The number of fused-ring (bicyclic) bond motifs is 1. The van der Waals surface area contributed by atoms with E-state index in [1.54, 1.807) is 0 Å². The van der Waals surface area contributed by atoms with Crippen LogP contribution in [0.3, 0.4) is 0 Å². The minimum Gasteiger partial charge on any atom is -0.394 e. The number of aromatic nitrogens is 1. The van der Waals surface area contributed by atoms with E-state index in [1.165, 1.54) is 0 Å². The molecule has 1 atom stereocenters. The molecule has 27 heavy (non-hydrogen) atoms. The third-order valence-electron chi connectivity index (χ3n) is 4.99. The van der Waals surface area contributed by atoms with E-state index < -0.39 is 0 Å². The number of aliphatic hydroxyl groups excluding tert-OH is 1. The molecule has 2 aliphatic rings. The Morgan fingerprint density at radius 2 is 2.22 bits per heavy atom. The van der Waals surface area contributed by atoms with E-state index in [1.807, 2.05) is 0 Å². The van der Waals surface area contributed by atoms with E-state index in [9.17, 15) is 5.26 Å². The second-order valence-corrected chi connectivity index (χ2v) is 7.02. The second kappa shape index (κ2) is 9.85. The Balaban J connectivity index is 1.79. The number of likely N-dealkylation sites (N-methyl/N-ethyl adjacent to an activating group) is 1. The summed E-state index contributed by atoms with van der Waals surface area (Å²) in [5, 5.41) is 25.2. The Morgan fingerprint density at radius 1 is 1.33 bits per heavy atom. The molecule has 0 aromatic carbocycles. The molecule has 0 spiro atoms. The molecule has 3 N–H and O–H groups in total. The highest BCUT2D eigenvalue weighted by Crippen LogP contribution is 2.31. The van der Waals surface area contributed by atoms with Gasteiger partial charge in [-0.2, -0.15) is 5.26 Å². The molecule has 8 nitrogen and oxygen atoms in total. The Bertz CT molecular complexity index is 670. The molecule has 0 amide bonds. The van der Waals surface area contributed by atoms with Crippen LogP contribution in [0, 0.1) is 11.3 Å². The van der Waals surface area contributed by atoms with Gasteiger partial charge in [-0.15, -0.1) is 0 Å². The van der Waals surface area contributed by atoms with E-state index in [0.717, 1.165) is 62.4 Å². The lowest BCUT2D eigenvalue weighted by Gasteiger charge is -2.29. The Labute approximate surface area is 160 Å². The molecule has 0 radical (unpaired) electrons. The first-order valence-electron chi connectivity index (χ1n) is 9.65. The van der Waals surface area contributed by atoms with Crippen molar-refractivity contribution in [1.29, 1.82) is 5.26 Å². The fourth-order valence-corrected chi connectivity index (χ4v) is 3.59. The monoisotopic (exact) mass is 375 g/mol. The van der Waals surface area contributed by atoms with Crippen molar-refractivity contribution in [1.82, 2.24) is 9.88 Å². The van der Waals surface area contributed by atoms with Gasteiger partial charge in [0.05, 0.1) is 31.5 Å². The van der Waals surface area contributed by atoms with E-state index in [-0.39, 0.29) is 12.7 Å². The number of anilines is 2. The molecule has 0 aliphatic carbocycles. The molecule has 1 aromatic rings. The molecule has 1 saturated heterocycles. The van der Waals surface area contributed by atoms with Crippen molar-refractivity contribution in [3.05, 3.63) is 16.7 Å². The lowest BCUT2D eigenvalue weighted by Crippen LogP contribution is -2.30. The molecule has 148 valence electrons. The fourth-order valence-electron chi connectivity index (χ4n) is 3.59. The van der Waals surface area contributed by atoms with Crippen LogP contribution in [0.1, 0.15) is 29.5 Å². The maximum Gasteiger partial charge on any atom is 0.146 e. The topological polar surface area (TPSA) is 103 Å². The van der Waals surface area contributed by atoms with Crippen LogP contribution in [0.4, 0.5) is 11.6 Å². The summed E-state index contributed by atoms with van der Waals surface area (Å²) in [6.45, 7) is 4.57. The van der Waals surface area contributed by atoms with Crippen molar-refractivity contribution in [2.45, 2.75) is 31.9 Å². The van der Waals surface area contributed by atoms with Gasteiger partial charge in [-0.05, 0) is 31.9 Å². The van der Waals surface area contributed by atoms with Gasteiger partial charge in [-0.1, -0.05) is 0 Å². The van der Waals surface area contributed by atoms with Crippen LogP contribution in [0.2, 0.25) is 0 Å². The zero-order valence-corrected chi connectivity index (χ0v) is 16.0. The van der Waals surface area contributed by atoms with Gasteiger partial charge in [-0.3, -0.25) is 0 Å². The predicted octanol–water partition coefficient (Wildman–Crippen LogP) is 0.953. The summed E-state index contributed by atoms with van der Waals surface area (Å²) in [7, 11) is 2.09. The first-order chi connectivity index (χ1) is 13.2. The van der Waals surface area contributed by atoms with Crippen LogP contribution in [0.25, 0.3) is 0 Å². The number of nitriles is 1. The first kappa shape index (κ1) is 19.8. The number of aliphatic hydroxyl groups is 1. The number of nitrogens with one attached hydrogen (secondary N) is 2.